The van der Waals surface area contributed by atoms with Crippen molar-refractivity contribution in [3.63, 3.8) is 0 Å². The van der Waals surface area contributed by atoms with Crippen molar-refractivity contribution in [3.05, 3.63) is 199 Å². The molecule has 13 rings (SSSR count). The molecular weight excluding hydrogens is 1230 g/mol. The van der Waals surface area contributed by atoms with Gasteiger partial charge in [0, 0.05) is 106 Å². The molecule has 0 aliphatic rings. The van der Waals surface area contributed by atoms with Crippen molar-refractivity contribution in [2.24, 2.45) is 0 Å². The minimum Gasteiger partial charge on any atom is -0.382 e. The number of alkyl halides is 7. The highest BCUT2D eigenvalue weighted by molar-refractivity contribution is 9.08. The maximum absolute atomic E-state index is 12.8. The summed E-state index contributed by atoms with van der Waals surface area (Å²) in [7, 11) is 0. The van der Waals surface area contributed by atoms with Crippen molar-refractivity contribution in [1.29, 1.82) is 0 Å². The molecule has 13 heterocycles. The standard InChI is InChI=1S/C20H12F3N7OS.C12H9N5.C8H4BrF3N2OS.C8H5ClN2.C4H5N3.CH4/c21-20(22,23)19-28-17(29-31-19)15-4-3-12(32-15)11-30(16-10-24-8-9-26-16)18-13-2-1-6-25-14(13)5-7-27-18;1-2-9-10(14-4-1)3-5-16-12(9)17-11-8-13-6-7-15-11;9-3-4-1-2-5(16-4)6-13-7(15-14-6)8(10,11)12;9-8-6-2-1-4-10-7(6)3-5-11-8;5-4-3-6-1-2-7-4;/h1-10H,11H2;1-8H,(H,15,16,17);1-2H,3H2;1-5H;1-3H,(H2,5,7);1H4. The van der Waals surface area contributed by atoms with E-state index in [-0.39, 0.29) is 19.1 Å². The number of aromatic nitrogens is 16. The Labute approximate surface area is 492 Å². The van der Waals surface area contributed by atoms with Crippen LogP contribution < -0.4 is 16.0 Å². The molecule has 0 atom stereocenters. The van der Waals surface area contributed by atoms with E-state index in [0.29, 0.717) is 50.1 Å². The van der Waals surface area contributed by atoms with E-state index >= 15 is 0 Å². The molecule has 84 heavy (non-hydrogen) atoms. The number of nitrogens with two attached hydrogens (primary N) is 1. The second kappa shape index (κ2) is 28.4. The van der Waals surface area contributed by atoms with Gasteiger partial charge in [-0.25, -0.2) is 29.9 Å². The van der Waals surface area contributed by atoms with Crippen LogP contribution in [0, 0.1) is 0 Å². The van der Waals surface area contributed by atoms with E-state index < -0.39 is 24.1 Å². The van der Waals surface area contributed by atoms with Crippen molar-refractivity contribution < 1.29 is 35.4 Å². The van der Waals surface area contributed by atoms with E-state index in [0.717, 1.165) is 48.3 Å². The molecule has 0 aromatic carbocycles. The molecule has 0 saturated carbocycles. The Morgan fingerprint density at radius 2 is 1.06 bits per heavy atom. The largest absolute Gasteiger partial charge is 0.471 e. The zero-order valence-electron chi connectivity index (χ0n) is 41.9. The first-order valence-electron chi connectivity index (χ1n) is 23.6. The van der Waals surface area contributed by atoms with Crippen molar-refractivity contribution in [2.75, 3.05) is 16.0 Å². The number of rotatable bonds is 9. The number of hydrogen-bond donors (Lipinski definition) is 2. The second-order valence-electron chi connectivity index (χ2n) is 16.1. The van der Waals surface area contributed by atoms with Crippen LogP contribution in [0.25, 0.3) is 54.1 Å². The molecule has 0 aliphatic heterocycles. The van der Waals surface area contributed by atoms with Crippen molar-refractivity contribution in [1.82, 2.24) is 80.1 Å². The van der Waals surface area contributed by atoms with Gasteiger partial charge in [-0.15, -0.1) is 22.7 Å². The monoisotopic (exact) mass is 1270 g/mol. The first-order valence-corrected chi connectivity index (χ1v) is 26.7. The fourth-order valence-electron chi connectivity index (χ4n) is 6.95. The lowest BCUT2D eigenvalue weighted by molar-refractivity contribution is -0.160. The molecule has 13 aromatic rings. The third-order valence-electron chi connectivity index (χ3n) is 10.5. The molecule has 21 nitrogen and oxygen atoms in total. The van der Waals surface area contributed by atoms with Crippen molar-refractivity contribution in [2.45, 2.75) is 31.7 Å². The number of nitrogens with one attached hydrogen (secondary N) is 1. The van der Waals surface area contributed by atoms with E-state index in [4.69, 9.17) is 17.3 Å². The maximum Gasteiger partial charge on any atom is 0.471 e. The van der Waals surface area contributed by atoms with Crippen molar-refractivity contribution >= 4 is 112 Å². The van der Waals surface area contributed by atoms with Gasteiger partial charge >= 0.3 is 24.1 Å². The highest BCUT2D eigenvalue weighted by Crippen LogP contribution is 2.36. The summed E-state index contributed by atoms with van der Waals surface area (Å²) in [5, 5.41) is 13.7. The van der Waals surface area contributed by atoms with E-state index in [1.807, 2.05) is 59.5 Å². The lowest BCUT2D eigenvalue weighted by atomic mass is 10.2. The fraction of sp³-hybridized carbons (Fsp3) is 0.0943. The number of pyridine rings is 6. The minimum atomic E-state index is -4.69. The smallest absolute Gasteiger partial charge is 0.382 e. The van der Waals surface area contributed by atoms with Gasteiger partial charge in [-0.05, 0) is 78.9 Å². The first kappa shape index (κ1) is 60.4. The van der Waals surface area contributed by atoms with Gasteiger partial charge in [0.05, 0.1) is 51.4 Å². The molecule has 0 amide bonds. The quantitative estimate of drug-likeness (QED) is 0.0772. The Morgan fingerprint density at radius 1 is 0.536 bits per heavy atom. The average Bonchev–Trinajstić information content (AvgIpc) is 4.28. The SMILES string of the molecule is C.Clc1nccc2ncccc12.FC(F)(F)c1nc(-c2ccc(CBr)s2)no1.FC(F)(F)c1nc(-c2ccc(CN(c3cnccn3)c3nccc4ncccc34)s2)no1.Nc1cnccn1.c1cnc2ccnc(Nc3cnccn3)c2c1. The van der Waals surface area contributed by atoms with Crippen LogP contribution in [0.5, 0.6) is 0 Å². The molecule has 0 unspecified atom stereocenters. The molecule has 0 bridgehead atoms. The third-order valence-corrected chi connectivity index (χ3v) is 14.0. The number of nitrogens with zero attached hydrogens (tertiary/aromatic N) is 17. The third kappa shape index (κ3) is 16.1. The Balaban J connectivity index is 0.000000150. The van der Waals surface area contributed by atoms with Gasteiger partial charge in [0.25, 0.3) is 0 Å². The van der Waals surface area contributed by atoms with Crippen LogP contribution in [0.2, 0.25) is 5.15 Å². The first-order chi connectivity index (χ1) is 40.2. The summed E-state index contributed by atoms with van der Waals surface area (Å²) in [4.78, 5) is 61.0. The number of hydrogen-bond acceptors (Lipinski definition) is 23. The zero-order chi connectivity index (χ0) is 58.2. The number of anilines is 5. The van der Waals surface area contributed by atoms with Crippen LogP contribution in [-0.4, -0.2) is 80.1 Å². The summed E-state index contributed by atoms with van der Waals surface area (Å²) in [5.41, 5.74) is 7.73. The van der Waals surface area contributed by atoms with Gasteiger partial charge < -0.3 is 25.0 Å². The van der Waals surface area contributed by atoms with Gasteiger partial charge in [0.1, 0.15) is 28.4 Å². The number of nitrogen functional groups attached to an aromatic ring is 1. The summed E-state index contributed by atoms with van der Waals surface area (Å²) in [6.45, 7) is 0.342. The summed E-state index contributed by atoms with van der Waals surface area (Å²) in [5.74, 6) is 0.189. The van der Waals surface area contributed by atoms with Gasteiger partial charge in [0.15, 0.2) is 5.82 Å². The maximum atomic E-state index is 12.8. The molecule has 3 N–H and O–H groups in total. The average molecular weight is 1270 g/mol. The topological polar surface area (TPSA) is 274 Å². The van der Waals surface area contributed by atoms with Crippen LogP contribution in [0.3, 0.4) is 0 Å². The Kier molecular flexibility index (Phi) is 20.4. The highest BCUT2D eigenvalue weighted by Gasteiger charge is 2.39. The van der Waals surface area contributed by atoms with Crippen LogP contribution in [-0.2, 0) is 24.2 Å². The minimum absolute atomic E-state index is 0. The van der Waals surface area contributed by atoms with Gasteiger partial charge in [-0.3, -0.25) is 29.9 Å². The molecule has 426 valence electrons. The summed E-state index contributed by atoms with van der Waals surface area (Å²) in [6.07, 6.45) is 15.2. The Bertz CT molecular complexity index is 4160. The van der Waals surface area contributed by atoms with E-state index in [1.165, 1.54) is 28.9 Å². The lowest BCUT2D eigenvalue weighted by Gasteiger charge is -2.23. The van der Waals surface area contributed by atoms with Crippen LogP contribution in [0.1, 0.15) is 29.0 Å². The predicted octanol–water partition coefficient (Wildman–Crippen LogP) is 13.7. The van der Waals surface area contributed by atoms with Gasteiger partial charge in [0.2, 0.25) is 11.6 Å². The van der Waals surface area contributed by atoms with E-state index in [9.17, 15) is 26.3 Å². The Morgan fingerprint density at radius 3 is 1.57 bits per heavy atom. The molecule has 13 aromatic heterocycles. The molecule has 0 aliphatic carbocycles. The Hall–Kier alpha value is -9.65. The summed E-state index contributed by atoms with van der Waals surface area (Å²) < 4.78 is 83.4. The van der Waals surface area contributed by atoms with Crippen LogP contribution >= 0.6 is 50.2 Å². The molecule has 0 fully saturated rings. The number of fused-ring (bicyclic) bond motifs is 3. The number of thiophene rings is 2. The molecule has 31 heteroatoms. The normalized spacial score (nSPS) is 10.9. The zero-order valence-corrected chi connectivity index (χ0v) is 45.9. The summed E-state index contributed by atoms with van der Waals surface area (Å²) >= 11 is 11.6. The molecule has 0 radical (unpaired) electrons. The van der Waals surface area contributed by atoms with E-state index in [1.54, 1.807) is 111 Å². The molecule has 0 saturated heterocycles. The van der Waals surface area contributed by atoms with Crippen LogP contribution in [0.15, 0.2) is 181 Å². The molecular formula is C53H39BrClF6N19O2S2. The summed E-state index contributed by atoms with van der Waals surface area (Å²) in [6, 6.07) is 23.7. The number of halogens is 8. The van der Waals surface area contributed by atoms with Gasteiger partial charge in [-0.2, -0.15) is 36.3 Å². The second-order valence-corrected chi connectivity index (χ2v) is 19.4. The predicted molar refractivity (Wildman–Crippen MR) is 308 cm³/mol. The highest BCUT2D eigenvalue weighted by atomic mass is 79.9. The fourth-order valence-corrected chi connectivity index (χ4v) is 9.40. The van der Waals surface area contributed by atoms with E-state index in [2.05, 4.69) is 110 Å². The lowest BCUT2D eigenvalue weighted by Crippen LogP contribution is -2.18. The van der Waals surface area contributed by atoms with Crippen molar-refractivity contribution in [3.8, 4) is 21.4 Å². The van der Waals surface area contributed by atoms with Crippen LogP contribution in [0.4, 0.5) is 55.4 Å². The van der Waals surface area contributed by atoms with Gasteiger partial charge in [-0.1, -0.05) is 45.3 Å². The molecule has 0 spiro atoms.